The van der Waals surface area contributed by atoms with Crippen LogP contribution in [0.5, 0.6) is 0 Å². The Labute approximate surface area is 266 Å². The van der Waals surface area contributed by atoms with Gasteiger partial charge in [-0.3, -0.25) is 9.59 Å². The van der Waals surface area contributed by atoms with Gasteiger partial charge in [-0.2, -0.15) is 0 Å². The molecule has 1 amide bonds. The summed E-state index contributed by atoms with van der Waals surface area (Å²) < 4.78 is 29.9. The van der Waals surface area contributed by atoms with Crippen LogP contribution in [0.1, 0.15) is 100 Å². The average Bonchev–Trinajstić information content (AvgIpc) is 3.71. The number of carbonyl (C=O) groups excluding carboxylic acids is 3. The van der Waals surface area contributed by atoms with E-state index < -0.39 is 24.7 Å². The van der Waals surface area contributed by atoms with Gasteiger partial charge in [-0.05, 0) is 106 Å². The van der Waals surface area contributed by atoms with Crippen LogP contribution in [0.4, 0.5) is 4.39 Å². The number of methoxy groups -OCH3 is 1. The molecule has 1 aromatic heterocycles. The fraction of sp³-hybridized carbons (Fsp3) is 0.694. The van der Waals surface area contributed by atoms with E-state index in [0.29, 0.717) is 37.5 Å². The molecule has 3 aliphatic rings. The van der Waals surface area contributed by atoms with Crippen molar-refractivity contribution < 1.29 is 32.7 Å². The molecule has 45 heavy (non-hydrogen) atoms. The Balaban J connectivity index is 1.30. The maximum atomic E-state index is 14.2. The third-order valence-electron chi connectivity index (χ3n) is 10.8. The highest BCUT2D eigenvalue weighted by molar-refractivity contribution is 5.94. The molecule has 2 saturated carbocycles. The Morgan fingerprint density at radius 3 is 2.47 bits per heavy atom. The Kier molecular flexibility index (Phi) is 11.7. The highest BCUT2D eigenvalue weighted by atomic mass is 19.1. The van der Waals surface area contributed by atoms with Gasteiger partial charge in [-0.25, -0.2) is 9.18 Å². The number of amides is 1. The number of hydrogen-bond donors (Lipinski definition) is 1. The number of nitrogens with zero attached hydrogens (tertiary/aromatic N) is 1. The zero-order valence-electron chi connectivity index (χ0n) is 27.0. The van der Waals surface area contributed by atoms with Gasteiger partial charge in [-0.1, -0.05) is 25.8 Å². The van der Waals surface area contributed by atoms with Gasteiger partial charge in [0.1, 0.15) is 12.3 Å². The van der Waals surface area contributed by atoms with Gasteiger partial charge in [0.25, 0.3) is 0 Å². The normalized spacial score (nSPS) is 27.9. The molecule has 1 aliphatic heterocycles. The van der Waals surface area contributed by atoms with Gasteiger partial charge in [-0.15, -0.1) is 0 Å². The molecule has 0 bridgehead atoms. The van der Waals surface area contributed by atoms with Gasteiger partial charge in [0, 0.05) is 37.4 Å². The second kappa shape index (κ2) is 15.7. The van der Waals surface area contributed by atoms with Crippen LogP contribution in [-0.4, -0.2) is 67.7 Å². The molecular formula is C36H51FN2O6. The molecule has 3 atom stereocenters. The predicted molar refractivity (Wildman–Crippen MR) is 170 cm³/mol. The topological polar surface area (TPSA) is 112 Å². The number of rotatable bonds is 13. The van der Waals surface area contributed by atoms with E-state index in [4.69, 9.17) is 19.6 Å². The number of Topliss-reactive ketones (excluding diaryl/α,β-unsaturated/α-hetero) is 1. The number of hydrogen-bond acceptors (Lipinski definition) is 7. The zero-order valence-corrected chi connectivity index (χ0v) is 27.0. The van der Waals surface area contributed by atoms with Crippen molar-refractivity contribution >= 4 is 28.6 Å². The minimum Gasteiger partial charge on any atom is -0.460 e. The Morgan fingerprint density at radius 2 is 1.78 bits per heavy atom. The van der Waals surface area contributed by atoms with Gasteiger partial charge in [0.15, 0.2) is 5.78 Å². The zero-order chi connectivity index (χ0) is 31.9. The van der Waals surface area contributed by atoms with E-state index >= 15 is 0 Å². The highest BCUT2D eigenvalue weighted by Crippen LogP contribution is 2.42. The number of ketones is 1. The van der Waals surface area contributed by atoms with Gasteiger partial charge in [0.2, 0.25) is 11.7 Å². The molecule has 2 N–H and O–H groups in total. The Bertz CT molecular complexity index is 1300. The number of unbranched alkanes of at least 4 members (excludes halogenated alkanes) is 2. The lowest BCUT2D eigenvalue weighted by Gasteiger charge is -2.37. The van der Waals surface area contributed by atoms with Crippen LogP contribution >= 0.6 is 0 Å². The van der Waals surface area contributed by atoms with Gasteiger partial charge >= 0.3 is 5.97 Å². The lowest BCUT2D eigenvalue weighted by Crippen LogP contribution is -2.48. The number of benzene rings is 1. The fourth-order valence-electron chi connectivity index (χ4n) is 8.07. The van der Waals surface area contributed by atoms with Crippen LogP contribution in [0.3, 0.4) is 0 Å². The first-order valence-corrected chi connectivity index (χ1v) is 17.2. The van der Waals surface area contributed by atoms with Crippen molar-refractivity contribution in [3.63, 3.8) is 0 Å². The van der Waals surface area contributed by atoms with Crippen molar-refractivity contribution in [2.75, 3.05) is 26.9 Å². The van der Waals surface area contributed by atoms with Crippen molar-refractivity contribution in [3.05, 3.63) is 35.6 Å². The highest BCUT2D eigenvalue weighted by Gasteiger charge is 2.47. The summed E-state index contributed by atoms with van der Waals surface area (Å²) in [5.74, 6) is 0.283. The van der Waals surface area contributed by atoms with Crippen molar-refractivity contribution in [1.82, 2.24) is 4.90 Å². The van der Waals surface area contributed by atoms with Gasteiger partial charge < -0.3 is 24.5 Å². The molecule has 2 aliphatic carbocycles. The predicted octanol–water partition coefficient (Wildman–Crippen LogP) is 6.42. The molecule has 1 aromatic carbocycles. The first-order valence-electron chi connectivity index (χ1n) is 17.2. The van der Waals surface area contributed by atoms with Crippen LogP contribution in [0.2, 0.25) is 0 Å². The summed E-state index contributed by atoms with van der Waals surface area (Å²) in [6.07, 6.45) is 11.0. The van der Waals surface area contributed by atoms with E-state index in [1.807, 2.05) is 17.0 Å². The maximum Gasteiger partial charge on any atom is 0.374 e. The van der Waals surface area contributed by atoms with Crippen LogP contribution in [-0.2, 0) is 25.5 Å². The third kappa shape index (κ3) is 7.97. The molecule has 5 rings (SSSR count). The van der Waals surface area contributed by atoms with Crippen LogP contribution in [0.25, 0.3) is 11.0 Å². The van der Waals surface area contributed by atoms with E-state index in [0.717, 1.165) is 75.2 Å². The largest absolute Gasteiger partial charge is 0.460 e. The smallest absolute Gasteiger partial charge is 0.374 e. The Hall–Kier alpha value is -2.78. The summed E-state index contributed by atoms with van der Waals surface area (Å²) in [7, 11) is 1.76. The van der Waals surface area contributed by atoms with E-state index in [-0.39, 0.29) is 47.7 Å². The molecule has 2 heterocycles. The second-order valence-corrected chi connectivity index (χ2v) is 13.6. The fourth-order valence-corrected chi connectivity index (χ4v) is 8.07. The average molecular weight is 627 g/mol. The molecule has 2 aromatic rings. The third-order valence-corrected chi connectivity index (χ3v) is 10.8. The molecule has 0 spiro atoms. The van der Waals surface area contributed by atoms with Crippen LogP contribution in [0, 0.1) is 23.7 Å². The molecule has 8 nitrogen and oxygen atoms in total. The van der Waals surface area contributed by atoms with Crippen molar-refractivity contribution in [1.29, 1.82) is 0 Å². The Morgan fingerprint density at radius 1 is 1.02 bits per heavy atom. The maximum absolute atomic E-state index is 14.2. The monoisotopic (exact) mass is 626 g/mol. The van der Waals surface area contributed by atoms with Crippen LogP contribution in [0.15, 0.2) is 28.7 Å². The SMILES string of the molecule is CCCCCOC(=O)c1cc2cc(CC(=O)[C@@H]3[C@H](C4CCC(OC)CC4)CCN3C(=O)C3CCC([C@H](N)CF)CC3)ccc2o1. The van der Waals surface area contributed by atoms with Gasteiger partial charge in [0.05, 0.1) is 18.8 Å². The molecule has 1 saturated heterocycles. The summed E-state index contributed by atoms with van der Waals surface area (Å²) in [6, 6.07) is 6.33. The summed E-state index contributed by atoms with van der Waals surface area (Å²) in [4.78, 5) is 42.6. The van der Waals surface area contributed by atoms with Crippen molar-refractivity contribution in [2.45, 2.75) is 109 Å². The quantitative estimate of drug-likeness (QED) is 0.202. The molecule has 0 radical (unpaired) electrons. The van der Waals surface area contributed by atoms with Crippen LogP contribution < -0.4 is 5.73 Å². The van der Waals surface area contributed by atoms with E-state index in [2.05, 4.69) is 6.92 Å². The first kappa shape index (κ1) is 33.6. The van der Waals surface area contributed by atoms with E-state index in [9.17, 15) is 18.8 Å². The number of furan rings is 1. The van der Waals surface area contributed by atoms with Crippen molar-refractivity contribution in [2.24, 2.45) is 29.4 Å². The number of ether oxygens (including phenoxy) is 2. The standard InChI is InChI=1S/C36H51FN2O6/c1-3-4-5-18-44-36(42)33-21-27-19-23(6-15-32(27)45-33)20-31(40)34-29(24-11-13-28(43-2)14-12-24)16-17-39(34)35(41)26-9-7-25(8-10-26)30(38)22-37/h6,15,19,21,24-26,28-30,34H,3-5,7-14,16-18,20,22,38H2,1-2H3/t24?,25?,26?,28?,29-,30+,34-/m0/s1. The summed E-state index contributed by atoms with van der Waals surface area (Å²) >= 11 is 0. The number of nitrogens with two attached hydrogens (primary N) is 1. The molecule has 3 fully saturated rings. The molecule has 248 valence electrons. The first-order chi connectivity index (χ1) is 21.8. The summed E-state index contributed by atoms with van der Waals surface area (Å²) in [5.41, 5.74) is 7.38. The number of esters is 1. The van der Waals surface area contributed by atoms with Crippen molar-refractivity contribution in [3.8, 4) is 0 Å². The lowest BCUT2D eigenvalue weighted by molar-refractivity contribution is -0.143. The lowest BCUT2D eigenvalue weighted by atomic mass is 9.74. The summed E-state index contributed by atoms with van der Waals surface area (Å²) in [5, 5.41) is 0.748. The second-order valence-electron chi connectivity index (χ2n) is 13.6. The number of halogens is 1. The number of carbonyl (C=O) groups is 3. The number of likely N-dealkylation sites (tertiary alicyclic amines) is 1. The minimum absolute atomic E-state index is 0.0613. The van der Waals surface area contributed by atoms with E-state index in [1.54, 1.807) is 19.2 Å². The molecule has 0 unspecified atom stereocenters. The molecular weight excluding hydrogens is 575 g/mol. The minimum atomic E-state index is -0.534. The van der Waals surface area contributed by atoms with E-state index in [1.165, 1.54) is 0 Å². The molecule has 9 heteroatoms. The number of alkyl halides is 1. The summed E-state index contributed by atoms with van der Waals surface area (Å²) in [6.45, 7) is 2.52. The number of fused-ring (bicyclic) bond motifs is 1.